The first-order valence-electron chi connectivity index (χ1n) is 5.99. The van der Waals surface area contributed by atoms with E-state index in [1.165, 1.54) is 11.9 Å². The monoisotopic (exact) mass is 265 g/mol. The summed E-state index contributed by atoms with van der Waals surface area (Å²) >= 11 is 0. The quantitative estimate of drug-likeness (QED) is 0.888. The first kappa shape index (κ1) is 15.0. The maximum atomic E-state index is 11.9. The van der Waals surface area contributed by atoms with Gasteiger partial charge in [-0.1, -0.05) is 30.3 Å². The number of nitrogens with zero attached hydrogens (tertiary/aromatic N) is 1. The van der Waals surface area contributed by atoms with E-state index in [0.717, 1.165) is 5.56 Å². The number of carbonyl (C=O) groups is 2. The zero-order valence-electron chi connectivity index (χ0n) is 11.4. The van der Waals surface area contributed by atoms with Gasteiger partial charge in [0.1, 0.15) is 6.61 Å². The molecule has 104 valence electrons. The molecule has 0 aliphatic rings. The van der Waals surface area contributed by atoms with Gasteiger partial charge < -0.3 is 14.7 Å². The lowest BCUT2D eigenvalue weighted by atomic mass is 9.99. The minimum Gasteiger partial charge on any atom is -0.481 e. The third-order valence-corrected chi connectivity index (χ3v) is 2.97. The Morgan fingerprint density at radius 3 is 2.37 bits per heavy atom. The van der Waals surface area contributed by atoms with E-state index >= 15 is 0 Å². The number of ether oxygens (including phenoxy) is 1. The zero-order chi connectivity index (χ0) is 14.5. The van der Waals surface area contributed by atoms with Crippen molar-refractivity contribution in [2.45, 2.75) is 32.4 Å². The molecule has 0 aromatic heterocycles. The van der Waals surface area contributed by atoms with Crippen molar-refractivity contribution in [1.29, 1.82) is 0 Å². The fraction of sp³-hybridized carbons (Fsp3) is 0.429. The molecule has 0 heterocycles. The van der Waals surface area contributed by atoms with Gasteiger partial charge in [-0.15, -0.1) is 0 Å². The number of aliphatic carboxylic acids is 1. The summed E-state index contributed by atoms with van der Waals surface area (Å²) in [5.74, 6) is -0.951. The lowest BCUT2D eigenvalue weighted by molar-refractivity contribution is -0.139. The van der Waals surface area contributed by atoms with E-state index in [1.807, 2.05) is 30.3 Å². The average molecular weight is 265 g/mol. The Kier molecular flexibility index (Phi) is 4.92. The van der Waals surface area contributed by atoms with Gasteiger partial charge >= 0.3 is 12.1 Å². The molecule has 1 aromatic carbocycles. The van der Waals surface area contributed by atoms with Crippen molar-refractivity contribution in [1.82, 2.24) is 4.90 Å². The summed E-state index contributed by atoms with van der Waals surface area (Å²) in [5, 5.41) is 8.81. The van der Waals surface area contributed by atoms with Gasteiger partial charge in [-0.3, -0.25) is 4.79 Å². The molecule has 0 saturated heterocycles. The van der Waals surface area contributed by atoms with Gasteiger partial charge in [0, 0.05) is 7.05 Å². The van der Waals surface area contributed by atoms with Gasteiger partial charge in [0.2, 0.25) is 0 Å². The van der Waals surface area contributed by atoms with Crippen molar-refractivity contribution < 1.29 is 19.4 Å². The SMILES string of the molecule is CN(C(=O)OCc1ccccc1)C(C)(C)CC(=O)O. The highest BCUT2D eigenvalue weighted by atomic mass is 16.6. The number of benzene rings is 1. The number of rotatable bonds is 5. The van der Waals surface area contributed by atoms with Crippen LogP contribution in [0.25, 0.3) is 0 Å². The van der Waals surface area contributed by atoms with Crippen LogP contribution in [0.15, 0.2) is 30.3 Å². The maximum Gasteiger partial charge on any atom is 0.410 e. The van der Waals surface area contributed by atoms with E-state index < -0.39 is 17.6 Å². The molecule has 0 spiro atoms. The third-order valence-electron chi connectivity index (χ3n) is 2.97. The lowest BCUT2D eigenvalue weighted by Crippen LogP contribution is -2.46. The summed E-state index contributed by atoms with van der Waals surface area (Å²) < 4.78 is 5.15. The second-order valence-electron chi connectivity index (χ2n) is 4.98. The molecule has 5 nitrogen and oxygen atoms in total. The average Bonchev–Trinajstić information content (AvgIpc) is 2.34. The Balaban J connectivity index is 2.55. The van der Waals surface area contributed by atoms with Crippen LogP contribution >= 0.6 is 0 Å². The van der Waals surface area contributed by atoms with Gasteiger partial charge in [-0.25, -0.2) is 4.79 Å². The third kappa shape index (κ3) is 4.62. The summed E-state index contributed by atoms with van der Waals surface area (Å²) in [6.07, 6.45) is -0.667. The summed E-state index contributed by atoms with van der Waals surface area (Å²) in [5.41, 5.74) is 0.0971. The number of carbonyl (C=O) groups excluding carboxylic acids is 1. The number of carboxylic acid groups (broad SMARTS) is 1. The van der Waals surface area contributed by atoms with E-state index in [4.69, 9.17) is 9.84 Å². The minimum absolute atomic E-state index is 0.135. The van der Waals surface area contributed by atoms with Crippen molar-refractivity contribution in [2.75, 3.05) is 7.05 Å². The molecule has 19 heavy (non-hydrogen) atoms. The van der Waals surface area contributed by atoms with Crippen molar-refractivity contribution in [2.24, 2.45) is 0 Å². The van der Waals surface area contributed by atoms with Crippen molar-refractivity contribution in [3.05, 3.63) is 35.9 Å². The summed E-state index contributed by atoms with van der Waals surface area (Å²) in [4.78, 5) is 23.9. The van der Waals surface area contributed by atoms with Crippen molar-refractivity contribution in [3.8, 4) is 0 Å². The van der Waals surface area contributed by atoms with Gasteiger partial charge in [0.05, 0.1) is 12.0 Å². The molecule has 0 saturated carbocycles. The standard InChI is InChI=1S/C14H19NO4/c1-14(2,9-12(16)17)15(3)13(18)19-10-11-7-5-4-6-8-11/h4-8H,9-10H2,1-3H3,(H,16,17). The predicted molar refractivity (Wildman–Crippen MR) is 70.7 cm³/mol. The van der Waals surface area contributed by atoms with Crippen LogP contribution in [0.4, 0.5) is 4.79 Å². The van der Waals surface area contributed by atoms with Crippen LogP contribution in [0.2, 0.25) is 0 Å². The largest absolute Gasteiger partial charge is 0.481 e. The summed E-state index contributed by atoms with van der Waals surface area (Å²) in [6.45, 7) is 3.54. The molecule has 0 aliphatic heterocycles. The zero-order valence-corrected chi connectivity index (χ0v) is 11.4. The van der Waals surface area contributed by atoms with E-state index in [2.05, 4.69) is 0 Å². The summed E-state index contributed by atoms with van der Waals surface area (Å²) in [7, 11) is 1.54. The molecule has 1 N–H and O–H groups in total. The van der Waals surface area contributed by atoms with Gasteiger partial charge in [-0.05, 0) is 19.4 Å². The number of carboxylic acids is 1. The Bertz CT molecular complexity index is 442. The van der Waals surface area contributed by atoms with Gasteiger partial charge in [-0.2, -0.15) is 0 Å². The van der Waals surface area contributed by atoms with Gasteiger partial charge in [0.25, 0.3) is 0 Å². The van der Waals surface area contributed by atoms with Crippen LogP contribution in [0, 0.1) is 0 Å². The molecule has 5 heteroatoms. The van der Waals surface area contributed by atoms with Crippen LogP contribution < -0.4 is 0 Å². The molecule has 0 fully saturated rings. The van der Waals surface area contributed by atoms with Crippen molar-refractivity contribution >= 4 is 12.1 Å². The fourth-order valence-corrected chi connectivity index (χ4v) is 1.55. The highest BCUT2D eigenvalue weighted by Gasteiger charge is 2.31. The molecule has 0 unspecified atom stereocenters. The maximum absolute atomic E-state index is 11.9. The van der Waals surface area contributed by atoms with E-state index in [0.29, 0.717) is 0 Å². The van der Waals surface area contributed by atoms with Crippen LogP contribution in [-0.2, 0) is 16.1 Å². The fourth-order valence-electron chi connectivity index (χ4n) is 1.55. The molecule has 1 aromatic rings. The predicted octanol–water partition coefficient (Wildman–Crippen LogP) is 2.51. The molecule has 1 rings (SSSR count). The number of amides is 1. The Labute approximate surface area is 112 Å². The Hall–Kier alpha value is -2.04. The molecule has 0 atom stereocenters. The Morgan fingerprint density at radius 1 is 1.26 bits per heavy atom. The Morgan fingerprint density at radius 2 is 1.84 bits per heavy atom. The van der Waals surface area contributed by atoms with E-state index in [9.17, 15) is 9.59 Å². The highest BCUT2D eigenvalue weighted by molar-refractivity contribution is 5.72. The van der Waals surface area contributed by atoms with Crippen LogP contribution in [0.5, 0.6) is 0 Å². The van der Waals surface area contributed by atoms with E-state index in [-0.39, 0.29) is 13.0 Å². The minimum atomic E-state index is -0.951. The second-order valence-corrected chi connectivity index (χ2v) is 4.98. The van der Waals surface area contributed by atoms with Crippen LogP contribution in [-0.4, -0.2) is 34.7 Å². The topological polar surface area (TPSA) is 66.8 Å². The van der Waals surface area contributed by atoms with Crippen LogP contribution in [0.1, 0.15) is 25.8 Å². The normalized spacial score (nSPS) is 10.9. The highest BCUT2D eigenvalue weighted by Crippen LogP contribution is 2.18. The molecule has 0 radical (unpaired) electrons. The van der Waals surface area contributed by atoms with Gasteiger partial charge in [0.15, 0.2) is 0 Å². The molecule has 0 aliphatic carbocycles. The smallest absolute Gasteiger partial charge is 0.410 e. The van der Waals surface area contributed by atoms with Crippen molar-refractivity contribution in [3.63, 3.8) is 0 Å². The first-order chi connectivity index (χ1) is 8.83. The molecular weight excluding hydrogens is 246 g/mol. The molecule has 1 amide bonds. The molecular formula is C14H19NO4. The second kappa shape index (κ2) is 6.22. The summed E-state index contributed by atoms with van der Waals surface area (Å²) in [6, 6.07) is 9.32. The first-order valence-corrected chi connectivity index (χ1v) is 5.99. The molecule has 0 bridgehead atoms. The van der Waals surface area contributed by atoms with Crippen LogP contribution in [0.3, 0.4) is 0 Å². The van der Waals surface area contributed by atoms with E-state index in [1.54, 1.807) is 13.8 Å². The number of hydrogen-bond acceptors (Lipinski definition) is 3. The lowest BCUT2D eigenvalue weighted by Gasteiger charge is -2.33. The number of hydrogen-bond donors (Lipinski definition) is 1.